The molecule has 0 aromatic heterocycles. The molecular weight excluding hydrogens is 246 g/mol. The molecule has 2 aromatic carbocycles. The Morgan fingerprint density at radius 3 is 2.78 bits per heavy atom. The number of benzene rings is 2. The van der Waals surface area contributed by atoms with E-state index in [2.05, 4.69) is 23.5 Å². The predicted octanol–water partition coefficient (Wildman–Crippen LogP) is 3.89. The molecule has 1 heterocycles. The zero-order valence-corrected chi connectivity index (χ0v) is 10.7. The molecule has 1 N–H and O–H groups in total. The summed E-state index contributed by atoms with van der Waals surface area (Å²) >= 11 is 5.83. The molecule has 3 heteroatoms. The Morgan fingerprint density at radius 2 is 1.94 bits per heavy atom. The molecule has 0 amide bonds. The zero-order chi connectivity index (χ0) is 12.4. The first kappa shape index (κ1) is 11.4. The minimum absolute atomic E-state index is 0.592. The van der Waals surface area contributed by atoms with E-state index in [1.54, 1.807) is 0 Å². The fourth-order valence-electron chi connectivity index (χ4n) is 2.15. The lowest BCUT2D eigenvalue weighted by atomic mass is 10.1. The van der Waals surface area contributed by atoms with Crippen molar-refractivity contribution in [2.24, 2.45) is 0 Å². The van der Waals surface area contributed by atoms with Crippen molar-refractivity contribution in [3.05, 3.63) is 58.6 Å². The van der Waals surface area contributed by atoms with Crippen LogP contribution in [0.3, 0.4) is 0 Å². The third-order valence-corrected chi connectivity index (χ3v) is 3.35. The Morgan fingerprint density at radius 1 is 1.11 bits per heavy atom. The zero-order valence-electron chi connectivity index (χ0n) is 9.95. The van der Waals surface area contributed by atoms with Crippen LogP contribution in [0.15, 0.2) is 42.5 Å². The quantitative estimate of drug-likeness (QED) is 0.903. The second-order valence-corrected chi connectivity index (χ2v) is 4.85. The maximum absolute atomic E-state index is 5.83. The molecule has 0 bridgehead atoms. The van der Waals surface area contributed by atoms with Crippen molar-refractivity contribution < 1.29 is 4.74 Å². The number of rotatable bonds is 3. The number of anilines is 1. The summed E-state index contributed by atoms with van der Waals surface area (Å²) in [4.78, 5) is 0. The number of hydrogen-bond donors (Lipinski definition) is 1. The molecule has 0 fully saturated rings. The van der Waals surface area contributed by atoms with Crippen molar-refractivity contribution in [1.29, 1.82) is 0 Å². The van der Waals surface area contributed by atoms with Gasteiger partial charge in [-0.3, -0.25) is 0 Å². The standard InChI is InChI=1S/C15H14ClNO/c16-13-2-4-14(5-3-13)18-10-11-1-6-15-12(9-11)7-8-17-15/h1-6,9,17H,7-8,10H2. The van der Waals surface area contributed by atoms with Crippen LogP contribution in [0.4, 0.5) is 5.69 Å². The summed E-state index contributed by atoms with van der Waals surface area (Å²) in [7, 11) is 0. The second kappa shape index (κ2) is 4.91. The van der Waals surface area contributed by atoms with Gasteiger partial charge in [-0.1, -0.05) is 23.7 Å². The number of ether oxygens (including phenoxy) is 1. The number of hydrogen-bond acceptors (Lipinski definition) is 2. The first-order valence-corrected chi connectivity index (χ1v) is 6.43. The van der Waals surface area contributed by atoms with E-state index in [4.69, 9.17) is 16.3 Å². The summed E-state index contributed by atoms with van der Waals surface area (Å²) in [6.07, 6.45) is 1.10. The normalized spacial score (nSPS) is 12.9. The Labute approximate surface area is 112 Å². The highest BCUT2D eigenvalue weighted by atomic mass is 35.5. The van der Waals surface area contributed by atoms with Crippen LogP contribution in [-0.2, 0) is 13.0 Å². The first-order valence-electron chi connectivity index (χ1n) is 6.05. The highest BCUT2D eigenvalue weighted by molar-refractivity contribution is 6.30. The van der Waals surface area contributed by atoms with Gasteiger partial charge in [0.25, 0.3) is 0 Å². The molecule has 2 aromatic rings. The minimum Gasteiger partial charge on any atom is -0.489 e. The molecule has 0 radical (unpaired) electrons. The van der Waals surface area contributed by atoms with Crippen molar-refractivity contribution in [1.82, 2.24) is 0 Å². The average Bonchev–Trinajstić information content (AvgIpc) is 2.85. The Hall–Kier alpha value is -1.67. The number of nitrogens with one attached hydrogen (secondary N) is 1. The highest BCUT2D eigenvalue weighted by Gasteiger charge is 2.09. The van der Waals surface area contributed by atoms with Gasteiger partial charge in [0.15, 0.2) is 0 Å². The van der Waals surface area contributed by atoms with Crippen LogP contribution in [0.25, 0.3) is 0 Å². The van der Waals surface area contributed by atoms with Crippen LogP contribution in [0.1, 0.15) is 11.1 Å². The van der Waals surface area contributed by atoms with Gasteiger partial charge >= 0.3 is 0 Å². The van der Waals surface area contributed by atoms with Crippen LogP contribution < -0.4 is 10.1 Å². The van der Waals surface area contributed by atoms with Gasteiger partial charge in [-0.05, 0) is 47.9 Å². The molecule has 0 spiro atoms. The summed E-state index contributed by atoms with van der Waals surface area (Å²) < 4.78 is 5.73. The smallest absolute Gasteiger partial charge is 0.119 e. The van der Waals surface area contributed by atoms with Gasteiger partial charge in [-0.25, -0.2) is 0 Å². The van der Waals surface area contributed by atoms with Crippen molar-refractivity contribution in [2.75, 3.05) is 11.9 Å². The van der Waals surface area contributed by atoms with E-state index >= 15 is 0 Å². The van der Waals surface area contributed by atoms with Crippen molar-refractivity contribution in [3.8, 4) is 5.75 Å². The van der Waals surface area contributed by atoms with Gasteiger partial charge in [0.1, 0.15) is 12.4 Å². The number of fused-ring (bicyclic) bond motifs is 1. The molecule has 18 heavy (non-hydrogen) atoms. The summed E-state index contributed by atoms with van der Waals surface area (Å²) in [5.41, 5.74) is 3.84. The van der Waals surface area contributed by atoms with Gasteiger partial charge in [0.2, 0.25) is 0 Å². The molecule has 1 aliphatic heterocycles. The topological polar surface area (TPSA) is 21.3 Å². The molecule has 92 valence electrons. The van der Waals surface area contributed by atoms with E-state index in [-0.39, 0.29) is 0 Å². The Bertz CT molecular complexity index is 551. The van der Waals surface area contributed by atoms with Gasteiger partial charge in [-0.15, -0.1) is 0 Å². The summed E-state index contributed by atoms with van der Waals surface area (Å²) in [6.45, 7) is 1.63. The van der Waals surface area contributed by atoms with Crippen LogP contribution >= 0.6 is 11.6 Å². The van der Waals surface area contributed by atoms with Crippen LogP contribution in [-0.4, -0.2) is 6.54 Å². The van der Waals surface area contributed by atoms with Gasteiger partial charge in [0.05, 0.1) is 0 Å². The van der Waals surface area contributed by atoms with E-state index in [1.165, 1.54) is 16.8 Å². The lowest BCUT2D eigenvalue weighted by Crippen LogP contribution is -1.96. The van der Waals surface area contributed by atoms with Crippen molar-refractivity contribution in [3.63, 3.8) is 0 Å². The largest absolute Gasteiger partial charge is 0.489 e. The van der Waals surface area contributed by atoms with E-state index in [1.807, 2.05) is 24.3 Å². The van der Waals surface area contributed by atoms with E-state index < -0.39 is 0 Å². The molecule has 2 nitrogen and oxygen atoms in total. The lowest BCUT2D eigenvalue weighted by Gasteiger charge is -2.08. The third kappa shape index (κ3) is 2.44. The van der Waals surface area contributed by atoms with Gasteiger partial charge < -0.3 is 10.1 Å². The van der Waals surface area contributed by atoms with E-state index in [9.17, 15) is 0 Å². The summed E-state index contributed by atoms with van der Waals surface area (Å²) in [5, 5.41) is 4.08. The minimum atomic E-state index is 0.592. The number of halogens is 1. The van der Waals surface area contributed by atoms with Crippen LogP contribution in [0.5, 0.6) is 5.75 Å². The maximum Gasteiger partial charge on any atom is 0.119 e. The van der Waals surface area contributed by atoms with Crippen LogP contribution in [0.2, 0.25) is 5.02 Å². The monoisotopic (exact) mass is 259 g/mol. The predicted molar refractivity (Wildman–Crippen MR) is 74.4 cm³/mol. The summed E-state index contributed by atoms with van der Waals surface area (Å²) in [6, 6.07) is 13.9. The molecule has 0 aliphatic carbocycles. The van der Waals surface area contributed by atoms with Crippen molar-refractivity contribution >= 4 is 17.3 Å². The second-order valence-electron chi connectivity index (χ2n) is 4.41. The van der Waals surface area contributed by atoms with Crippen LogP contribution in [0, 0.1) is 0 Å². The Balaban J connectivity index is 1.68. The van der Waals surface area contributed by atoms with Gasteiger partial charge in [0, 0.05) is 17.3 Å². The molecule has 3 rings (SSSR count). The fraction of sp³-hybridized carbons (Fsp3) is 0.200. The molecule has 1 aliphatic rings. The SMILES string of the molecule is Clc1ccc(OCc2ccc3c(c2)CCN3)cc1. The fourth-order valence-corrected chi connectivity index (χ4v) is 2.27. The van der Waals surface area contributed by atoms with E-state index in [0.717, 1.165) is 23.7 Å². The van der Waals surface area contributed by atoms with Crippen molar-refractivity contribution in [2.45, 2.75) is 13.0 Å². The molecule has 0 saturated heterocycles. The molecular formula is C15H14ClNO. The molecule has 0 saturated carbocycles. The summed E-state index contributed by atoms with van der Waals surface area (Å²) in [5.74, 6) is 0.845. The van der Waals surface area contributed by atoms with E-state index in [0.29, 0.717) is 6.61 Å². The van der Waals surface area contributed by atoms with Gasteiger partial charge in [-0.2, -0.15) is 0 Å². The maximum atomic E-state index is 5.83. The molecule has 0 atom stereocenters. The lowest BCUT2D eigenvalue weighted by molar-refractivity contribution is 0.306. The third-order valence-electron chi connectivity index (χ3n) is 3.10. The average molecular weight is 260 g/mol. The first-order chi connectivity index (χ1) is 8.81. The highest BCUT2D eigenvalue weighted by Crippen LogP contribution is 2.24. The Kier molecular flexibility index (Phi) is 3.11. The molecule has 0 unspecified atom stereocenters.